The molecule has 0 aromatic heterocycles. The molecule has 0 heterocycles. The van der Waals surface area contributed by atoms with E-state index >= 15 is 0 Å². The van der Waals surface area contributed by atoms with E-state index in [4.69, 9.17) is 11.0 Å². The molecule has 0 saturated carbocycles. The van der Waals surface area contributed by atoms with Crippen LogP contribution in [0.25, 0.3) is 0 Å². The van der Waals surface area contributed by atoms with Crippen LogP contribution in [0.3, 0.4) is 0 Å². The number of esters is 1. The summed E-state index contributed by atoms with van der Waals surface area (Å²) >= 11 is 0. The second-order valence-corrected chi connectivity index (χ2v) is 4.80. The predicted octanol–water partition coefficient (Wildman–Crippen LogP) is 1.03. The number of benzene rings is 1. The Morgan fingerprint density at radius 2 is 2.09 bits per heavy atom. The number of rotatable bonds is 3. The van der Waals surface area contributed by atoms with Crippen LogP contribution in [0.5, 0.6) is 0 Å². The number of nitro groups is 1. The highest BCUT2D eigenvalue weighted by molar-refractivity contribution is 5.92. The molecule has 2 N–H and O–H groups in total. The third kappa shape index (κ3) is 2.60. The molecule has 0 aliphatic heterocycles. The van der Waals surface area contributed by atoms with Crippen LogP contribution < -0.4 is 5.73 Å². The van der Waals surface area contributed by atoms with Gasteiger partial charge in [-0.15, -0.1) is 0 Å². The van der Waals surface area contributed by atoms with E-state index in [1.807, 2.05) is 6.07 Å². The maximum absolute atomic E-state index is 11.5. The predicted molar refractivity (Wildman–Crippen MR) is 77.0 cm³/mol. The summed E-state index contributed by atoms with van der Waals surface area (Å²) in [7, 11) is 1.20. The Kier molecular flexibility index (Phi) is 4.06. The molecule has 0 amide bonds. The molecule has 7 nitrogen and oxygen atoms in total. The Morgan fingerprint density at radius 1 is 1.45 bits per heavy atom. The molecule has 0 saturated heterocycles. The first-order valence-corrected chi connectivity index (χ1v) is 6.34. The Hall–Kier alpha value is -2.98. The van der Waals surface area contributed by atoms with Gasteiger partial charge in [0.15, 0.2) is 0 Å². The molecule has 1 aliphatic carbocycles. The van der Waals surface area contributed by atoms with Gasteiger partial charge < -0.3 is 10.5 Å². The van der Waals surface area contributed by atoms with Crippen molar-refractivity contribution in [2.45, 2.75) is 11.6 Å². The van der Waals surface area contributed by atoms with Crippen molar-refractivity contribution in [3.8, 4) is 6.07 Å². The summed E-state index contributed by atoms with van der Waals surface area (Å²) in [6.45, 7) is 0. The molecule has 0 spiro atoms. The number of carbonyl (C=O) groups excluding carboxylic acids is 1. The van der Waals surface area contributed by atoms with Gasteiger partial charge in [0.2, 0.25) is 0 Å². The van der Waals surface area contributed by atoms with Crippen molar-refractivity contribution >= 4 is 5.97 Å². The van der Waals surface area contributed by atoms with Crippen LogP contribution in [-0.4, -0.2) is 24.0 Å². The summed E-state index contributed by atoms with van der Waals surface area (Å²) in [6.07, 6.45) is 4.00. The average Bonchev–Trinajstić information content (AvgIpc) is 2.54. The highest BCUT2D eigenvalue weighted by Gasteiger charge is 2.44. The second kappa shape index (κ2) is 5.79. The fourth-order valence-electron chi connectivity index (χ4n) is 2.28. The van der Waals surface area contributed by atoms with Crippen molar-refractivity contribution < 1.29 is 14.5 Å². The zero-order chi connectivity index (χ0) is 16.3. The third-order valence-corrected chi connectivity index (χ3v) is 3.53. The molecular weight excluding hydrogens is 286 g/mol. The maximum Gasteiger partial charge on any atom is 0.337 e. The number of carbonyl (C=O) groups is 1. The van der Waals surface area contributed by atoms with E-state index in [-0.39, 0.29) is 5.57 Å². The van der Waals surface area contributed by atoms with Gasteiger partial charge in [-0.05, 0) is 23.8 Å². The van der Waals surface area contributed by atoms with Gasteiger partial charge in [0.25, 0.3) is 6.04 Å². The molecule has 2 atom stereocenters. The molecule has 1 aromatic carbocycles. The van der Waals surface area contributed by atoms with Gasteiger partial charge in [-0.1, -0.05) is 18.2 Å². The number of nitrogens with two attached hydrogens (primary N) is 1. The first-order valence-electron chi connectivity index (χ1n) is 6.34. The van der Waals surface area contributed by atoms with Crippen molar-refractivity contribution in [3.05, 3.63) is 69.3 Å². The van der Waals surface area contributed by atoms with Crippen molar-refractivity contribution in [1.82, 2.24) is 0 Å². The van der Waals surface area contributed by atoms with Gasteiger partial charge in [0.1, 0.15) is 5.54 Å². The summed E-state index contributed by atoms with van der Waals surface area (Å²) in [5.41, 5.74) is 5.79. The smallest absolute Gasteiger partial charge is 0.337 e. The van der Waals surface area contributed by atoms with Gasteiger partial charge >= 0.3 is 5.97 Å². The Bertz CT molecular complexity index is 715. The summed E-state index contributed by atoms with van der Waals surface area (Å²) in [4.78, 5) is 22.3. The standard InChI is InChI=1S/C15H13N3O4/c1-22-14(19)11-6-7-15(17,13(8-11)18(20)21)12-4-2-10(9-16)3-5-12/h2-8,13H,17H2,1H3. The van der Waals surface area contributed by atoms with Crippen LogP contribution in [0.2, 0.25) is 0 Å². The molecule has 7 heteroatoms. The number of nitriles is 1. The lowest BCUT2D eigenvalue weighted by Gasteiger charge is -2.30. The van der Waals surface area contributed by atoms with Gasteiger partial charge in [-0.25, -0.2) is 4.79 Å². The molecule has 2 rings (SSSR count). The lowest BCUT2D eigenvalue weighted by Crippen LogP contribution is -2.50. The van der Waals surface area contributed by atoms with E-state index < -0.39 is 22.5 Å². The minimum Gasteiger partial charge on any atom is -0.465 e. The highest BCUT2D eigenvalue weighted by Crippen LogP contribution is 2.31. The minimum absolute atomic E-state index is 0.0823. The van der Waals surface area contributed by atoms with Gasteiger partial charge in [-0.2, -0.15) is 5.26 Å². The van der Waals surface area contributed by atoms with Crippen molar-refractivity contribution in [2.75, 3.05) is 7.11 Å². The van der Waals surface area contributed by atoms with E-state index in [9.17, 15) is 14.9 Å². The highest BCUT2D eigenvalue weighted by atomic mass is 16.6. The van der Waals surface area contributed by atoms with Crippen LogP contribution in [0.1, 0.15) is 11.1 Å². The fourth-order valence-corrected chi connectivity index (χ4v) is 2.28. The molecule has 1 aliphatic rings. The Morgan fingerprint density at radius 3 is 2.59 bits per heavy atom. The quantitative estimate of drug-likeness (QED) is 0.505. The van der Waals surface area contributed by atoms with Crippen LogP contribution in [0, 0.1) is 21.4 Å². The zero-order valence-corrected chi connectivity index (χ0v) is 11.7. The van der Waals surface area contributed by atoms with Gasteiger partial charge in [0.05, 0.1) is 24.3 Å². The number of hydrogen-bond donors (Lipinski definition) is 1. The summed E-state index contributed by atoms with van der Waals surface area (Å²) in [5, 5.41) is 20.2. The Labute approximate surface area is 126 Å². The molecule has 1 aromatic rings. The summed E-state index contributed by atoms with van der Waals surface area (Å²) in [5.74, 6) is -0.662. The van der Waals surface area contributed by atoms with Crippen LogP contribution >= 0.6 is 0 Å². The number of nitrogens with zero attached hydrogens (tertiary/aromatic N) is 2. The number of methoxy groups -OCH3 is 1. The summed E-state index contributed by atoms with van der Waals surface area (Å²) < 4.78 is 4.56. The van der Waals surface area contributed by atoms with E-state index in [2.05, 4.69) is 4.74 Å². The normalized spacial score (nSPS) is 23.3. The molecule has 0 radical (unpaired) electrons. The van der Waals surface area contributed by atoms with Crippen LogP contribution in [0.15, 0.2) is 48.1 Å². The Balaban J connectivity index is 2.47. The minimum atomic E-state index is -1.41. The number of ether oxygens (including phenoxy) is 1. The molecule has 22 heavy (non-hydrogen) atoms. The van der Waals surface area contributed by atoms with Crippen molar-refractivity contribution in [1.29, 1.82) is 5.26 Å². The zero-order valence-electron chi connectivity index (χ0n) is 11.7. The largest absolute Gasteiger partial charge is 0.465 e. The fraction of sp³-hybridized carbons (Fsp3) is 0.200. The lowest BCUT2D eigenvalue weighted by atomic mass is 9.79. The van der Waals surface area contributed by atoms with Gasteiger partial charge in [0, 0.05) is 11.0 Å². The first-order chi connectivity index (χ1) is 10.4. The van der Waals surface area contributed by atoms with E-state index in [1.165, 1.54) is 37.5 Å². The summed E-state index contributed by atoms with van der Waals surface area (Å²) in [6, 6.07) is 6.85. The van der Waals surface area contributed by atoms with Crippen LogP contribution in [-0.2, 0) is 15.1 Å². The number of hydrogen-bond acceptors (Lipinski definition) is 6. The van der Waals surface area contributed by atoms with Crippen LogP contribution in [0.4, 0.5) is 0 Å². The maximum atomic E-state index is 11.5. The lowest BCUT2D eigenvalue weighted by molar-refractivity contribution is -0.519. The monoisotopic (exact) mass is 299 g/mol. The molecular formula is C15H13N3O4. The second-order valence-electron chi connectivity index (χ2n) is 4.80. The topological polar surface area (TPSA) is 119 Å². The van der Waals surface area contributed by atoms with E-state index in [0.717, 1.165) is 0 Å². The van der Waals surface area contributed by atoms with Crippen molar-refractivity contribution in [3.63, 3.8) is 0 Å². The van der Waals surface area contributed by atoms with E-state index in [1.54, 1.807) is 12.1 Å². The van der Waals surface area contributed by atoms with E-state index in [0.29, 0.717) is 11.1 Å². The van der Waals surface area contributed by atoms with Crippen molar-refractivity contribution in [2.24, 2.45) is 5.73 Å². The first kappa shape index (κ1) is 15.4. The SMILES string of the molecule is COC(=O)C1=CC([N+](=O)[O-])C(N)(c2ccc(C#N)cc2)C=C1. The molecule has 0 bridgehead atoms. The third-order valence-electron chi connectivity index (χ3n) is 3.53. The molecule has 0 fully saturated rings. The molecule has 2 unspecified atom stereocenters. The molecule has 112 valence electrons. The van der Waals surface area contributed by atoms with Gasteiger partial charge in [-0.3, -0.25) is 10.1 Å². The average molecular weight is 299 g/mol.